The Labute approximate surface area is 71.1 Å². The summed E-state index contributed by atoms with van der Waals surface area (Å²) in [7, 11) is 1.79. The summed E-state index contributed by atoms with van der Waals surface area (Å²) in [5.41, 5.74) is 5.57. The number of nitrogens with two attached hydrogens (primary N) is 1. The summed E-state index contributed by atoms with van der Waals surface area (Å²) >= 11 is 0. The standard InChI is InChI=1S/C6H14N6/c1-5(7)3-4-8-6-9-10-11-12(6)2/h5H,3-4,7H2,1-2H3,(H,8,9,11). The van der Waals surface area contributed by atoms with Crippen molar-refractivity contribution in [2.75, 3.05) is 11.9 Å². The summed E-state index contributed by atoms with van der Waals surface area (Å²) in [4.78, 5) is 0. The van der Waals surface area contributed by atoms with Gasteiger partial charge in [0.25, 0.3) is 0 Å². The van der Waals surface area contributed by atoms with Gasteiger partial charge in [0.2, 0.25) is 5.95 Å². The maximum absolute atomic E-state index is 5.57. The number of aryl methyl sites for hydroxylation is 1. The monoisotopic (exact) mass is 170 g/mol. The van der Waals surface area contributed by atoms with Gasteiger partial charge in [0.1, 0.15) is 0 Å². The largest absolute Gasteiger partial charge is 0.353 e. The number of hydrogen-bond acceptors (Lipinski definition) is 5. The predicted molar refractivity (Wildman–Crippen MR) is 45.6 cm³/mol. The molecule has 1 rings (SSSR count). The first kappa shape index (κ1) is 8.92. The minimum absolute atomic E-state index is 0.207. The SMILES string of the molecule is CC(N)CCNc1nnnn1C. The van der Waals surface area contributed by atoms with Crippen molar-refractivity contribution in [3.05, 3.63) is 0 Å². The summed E-state index contributed by atoms with van der Waals surface area (Å²) in [6, 6.07) is 0.207. The molecule has 0 radical (unpaired) electrons. The van der Waals surface area contributed by atoms with Crippen LogP contribution in [0, 0.1) is 0 Å². The number of rotatable bonds is 4. The van der Waals surface area contributed by atoms with Gasteiger partial charge in [0, 0.05) is 19.6 Å². The van der Waals surface area contributed by atoms with Gasteiger partial charge in [-0.15, -0.1) is 0 Å². The maximum atomic E-state index is 5.57. The van der Waals surface area contributed by atoms with Crippen molar-refractivity contribution in [2.24, 2.45) is 12.8 Å². The third kappa shape index (κ3) is 2.46. The molecule has 1 aromatic heterocycles. The Morgan fingerprint density at radius 3 is 2.92 bits per heavy atom. The minimum Gasteiger partial charge on any atom is -0.353 e. The molecule has 0 saturated heterocycles. The molecule has 1 atom stereocenters. The van der Waals surface area contributed by atoms with Gasteiger partial charge in [-0.1, -0.05) is 5.10 Å². The summed E-state index contributed by atoms with van der Waals surface area (Å²) in [6.45, 7) is 2.77. The van der Waals surface area contributed by atoms with Crippen LogP contribution < -0.4 is 11.1 Å². The molecule has 0 aromatic carbocycles. The van der Waals surface area contributed by atoms with Crippen molar-refractivity contribution in [3.8, 4) is 0 Å². The fraction of sp³-hybridized carbons (Fsp3) is 0.833. The van der Waals surface area contributed by atoms with Crippen LogP contribution in [-0.2, 0) is 7.05 Å². The highest BCUT2D eigenvalue weighted by molar-refractivity contribution is 5.20. The lowest BCUT2D eigenvalue weighted by atomic mass is 10.2. The summed E-state index contributed by atoms with van der Waals surface area (Å²) < 4.78 is 1.58. The van der Waals surface area contributed by atoms with Gasteiger partial charge in [-0.2, -0.15) is 0 Å². The zero-order valence-electron chi connectivity index (χ0n) is 7.36. The molecule has 0 amide bonds. The highest BCUT2D eigenvalue weighted by Crippen LogP contribution is 1.95. The number of aromatic nitrogens is 4. The van der Waals surface area contributed by atoms with Gasteiger partial charge >= 0.3 is 0 Å². The number of nitrogens with one attached hydrogen (secondary N) is 1. The molecule has 0 saturated carbocycles. The van der Waals surface area contributed by atoms with E-state index in [0.29, 0.717) is 5.95 Å². The first-order valence-electron chi connectivity index (χ1n) is 3.92. The van der Waals surface area contributed by atoms with Crippen LogP contribution in [0.2, 0.25) is 0 Å². The second-order valence-corrected chi connectivity index (χ2v) is 2.82. The highest BCUT2D eigenvalue weighted by atomic mass is 15.6. The molecule has 1 unspecified atom stereocenters. The predicted octanol–water partition coefficient (Wildman–Crippen LogP) is -0.641. The molecule has 0 aliphatic heterocycles. The number of tetrazole rings is 1. The van der Waals surface area contributed by atoms with Crippen molar-refractivity contribution >= 4 is 5.95 Å². The lowest BCUT2D eigenvalue weighted by molar-refractivity contribution is 0.677. The molecule has 0 spiro atoms. The summed E-state index contributed by atoms with van der Waals surface area (Å²) in [5.74, 6) is 0.677. The van der Waals surface area contributed by atoms with E-state index in [1.54, 1.807) is 11.7 Å². The van der Waals surface area contributed by atoms with E-state index in [4.69, 9.17) is 5.73 Å². The van der Waals surface area contributed by atoms with Gasteiger partial charge in [0.05, 0.1) is 0 Å². The van der Waals surface area contributed by atoms with Gasteiger partial charge in [-0.25, -0.2) is 4.68 Å². The van der Waals surface area contributed by atoms with E-state index >= 15 is 0 Å². The van der Waals surface area contributed by atoms with Crippen LogP contribution in [0.1, 0.15) is 13.3 Å². The Hall–Kier alpha value is -1.17. The number of hydrogen-bond donors (Lipinski definition) is 2. The van der Waals surface area contributed by atoms with Gasteiger partial charge in [0.15, 0.2) is 0 Å². The third-order valence-corrected chi connectivity index (χ3v) is 1.50. The van der Waals surface area contributed by atoms with E-state index in [0.717, 1.165) is 13.0 Å². The van der Waals surface area contributed by atoms with E-state index in [1.165, 1.54) is 0 Å². The van der Waals surface area contributed by atoms with E-state index in [2.05, 4.69) is 20.8 Å². The fourth-order valence-corrected chi connectivity index (χ4v) is 0.791. The van der Waals surface area contributed by atoms with Crippen LogP contribution in [0.3, 0.4) is 0 Å². The van der Waals surface area contributed by atoms with Crippen LogP contribution in [0.4, 0.5) is 5.95 Å². The first-order valence-corrected chi connectivity index (χ1v) is 3.92. The molecule has 1 aromatic rings. The topological polar surface area (TPSA) is 81.7 Å². The Kier molecular flexibility index (Phi) is 2.98. The van der Waals surface area contributed by atoms with E-state index in [9.17, 15) is 0 Å². The fourth-order valence-electron chi connectivity index (χ4n) is 0.791. The zero-order chi connectivity index (χ0) is 8.97. The molecule has 12 heavy (non-hydrogen) atoms. The summed E-state index contributed by atoms with van der Waals surface area (Å²) in [6.07, 6.45) is 0.910. The van der Waals surface area contributed by atoms with E-state index < -0.39 is 0 Å². The quantitative estimate of drug-likeness (QED) is 0.628. The second-order valence-electron chi connectivity index (χ2n) is 2.82. The third-order valence-electron chi connectivity index (χ3n) is 1.50. The normalized spacial score (nSPS) is 12.9. The Morgan fingerprint density at radius 2 is 2.42 bits per heavy atom. The molecule has 6 nitrogen and oxygen atoms in total. The number of nitrogens with zero attached hydrogens (tertiary/aromatic N) is 4. The molecule has 68 valence electrons. The van der Waals surface area contributed by atoms with E-state index in [-0.39, 0.29) is 6.04 Å². The zero-order valence-corrected chi connectivity index (χ0v) is 7.36. The van der Waals surface area contributed by atoms with Crippen LogP contribution >= 0.6 is 0 Å². The molecule has 0 aliphatic carbocycles. The van der Waals surface area contributed by atoms with Crippen molar-refractivity contribution in [1.82, 2.24) is 20.2 Å². The smallest absolute Gasteiger partial charge is 0.242 e. The van der Waals surface area contributed by atoms with Gasteiger partial charge in [-0.05, 0) is 23.8 Å². The second kappa shape index (κ2) is 4.01. The van der Waals surface area contributed by atoms with Crippen LogP contribution in [0.15, 0.2) is 0 Å². The molecule has 0 fully saturated rings. The van der Waals surface area contributed by atoms with Gasteiger partial charge in [-0.3, -0.25) is 0 Å². The summed E-state index contributed by atoms with van der Waals surface area (Å²) in [5, 5.41) is 14.0. The molecular formula is C6H14N6. The molecule has 0 aliphatic rings. The first-order chi connectivity index (χ1) is 5.70. The van der Waals surface area contributed by atoms with Crippen molar-refractivity contribution in [3.63, 3.8) is 0 Å². The van der Waals surface area contributed by atoms with Crippen molar-refractivity contribution < 1.29 is 0 Å². The van der Waals surface area contributed by atoms with Crippen LogP contribution in [0.25, 0.3) is 0 Å². The highest BCUT2D eigenvalue weighted by Gasteiger charge is 2.00. The lowest BCUT2D eigenvalue weighted by Gasteiger charge is -2.05. The van der Waals surface area contributed by atoms with Gasteiger partial charge < -0.3 is 11.1 Å². The van der Waals surface area contributed by atoms with E-state index in [1.807, 2.05) is 6.92 Å². The lowest BCUT2D eigenvalue weighted by Crippen LogP contribution is -2.20. The molecule has 0 bridgehead atoms. The Bertz CT molecular complexity index is 230. The Balaban J connectivity index is 2.29. The van der Waals surface area contributed by atoms with Crippen LogP contribution in [0.5, 0.6) is 0 Å². The molecule has 1 heterocycles. The van der Waals surface area contributed by atoms with Crippen LogP contribution in [-0.4, -0.2) is 32.8 Å². The maximum Gasteiger partial charge on any atom is 0.242 e. The van der Waals surface area contributed by atoms with Crippen molar-refractivity contribution in [2.45, 2.75) is 19.4 Å². The number of anilines is 1. The average molecular weight is 170 g/mol. The molecule has 3 N–H and O–H groups in total. The van der Waals surface area contributed by atoms with Crippen molar-refractivity contribution in [1.29, 1.82) is 0 Å². The molecular weight excluding hydrogens is 156 g/mol. The Morgan fingerprint density at radius 1 is 1.67 bits per heavy atom. The average Bonchev–Trinajstić information content (AvgIpc) is 2.36. The molecule has 6 heteroatoms. The minimum atomic E-state index is 0.207.